The van der Waals surface area contributed by atoms with Gasteiger partial charge in [0.15, 0.2) is 0 Å². The summed E-state index contributed by atoms with van der Waals surface area (Å²) in [6.07, 6.45) is 0.822. The van der Waals surface area contributed by atoms with Gasteiger partial charge in [-0.15, -0.1) is 11.3 Å². The van der Waals surface area contributed by atoms with Gasteiger partial charge in [-0.1, -0.05) is 0 Å². The number of amides is 1. The highest BCUT2D eigenvalue weighted by Crippen LogP contribution is 2.33. The third-order valence-corrected chi connectivity index (χ3v) is 4.63. The Labute approximate surface area is 139 Å². The summed E-state index contributed by atoms with van der Waals surface area (Å²) < 4.78 is 10.5. The highest BCUT2D eigenvalue weighted by atomic mass is 32.1. The normalized spacial score (nSPS) is 10.6. The average Bonchev–Trinajstić information content (AvgIpc) is 3.01. The van der Waals surface area contributed by atoms with Crippen LogP contribution in [-0.4, -0.2) is 18.5 Å². The Hall–Kier alpha value is -2.08. The fraction of sp³-hybridized carbons (Fsp3) is 0.412. The van der Waals surface area contributed by atoms with Gasteiger partial charge in [0.2, 0.25) is 5.91 Å². The number of carbonyl (C=O) groups is 2. The van der Waals surface area contributed by atoms with Crippen molar-refractivity contribution >= 4 is 28.2 Å². The SMILES string of the molecule is CCOC(=O)c1c(NC(=O)CCc2ccc(C)o2)sc(C)c1C. The molecule has 1 N–H and O–H groups in total. The maximum absolute atomic E-state index is 12.1. The van der Waals surface area contributed by atoms with E-state index < -0.39 is 5.97 Å². The molecule has 0 spiro atoms. The Balaban J connectivity index is 2.05. The van der Waals surface area contributed by atoms with E-state index in [1.165, 1.54) is 11.3 Å². The van der Waals surface area contributed by atoms with Crippen LogP contribution in [0.1, 0.15) is 45.7 Å². The molecule has 5 nitrogen and oxygen atoms in total. The first-order valence-electron chi connectivity index (χ1n) is 7.54. The molecule has 2 heterocycles. The number of carbonyl (C=O) groups excluding carboxylic acids is 2. The van der Waals surface area contributed by atoms with E-state index in [0.717, 1.165) is 22.0 Å². The molecule has 2 rings (SSSR count). The summed E-state index contributed by atoms with van der Waals surface area (Å²) in [6, 6.07) is 3.74. The van der Waals surface area contributed by atoms with Gasteiger partial charge < -0.3 is 14.5 Å². The molecule has 23 heavy (non-hydrogen) atoms. The van der Waals surface area contributed by atoms with Crippen molar-refractivity contribution in [3.8, 4) is 0 Å². The summed E-state index contributed by atoms with van der Waals surface area (Å²) in [4.78, 5) is 25.2. The zero-order chi connectivity index (χ0) is 17.0. The number of ether oxygens (including phenoxy) is 1. The monoisotopic (exact) mass is 335 g/mol. The van der Waals surface area contributed by atoms with Crippen LogP contribution >= 0.6 is 11.3 Å². The molecule has 0 aliphatic rings. The quantitative estimate of drug-likeness (QED) is 0.810. The van der Waals surface area contributed by atoms with Crippen LogP contribution < -0.4 is 5.32 Å². The van der Waals surface area contributed by atoms with Crippen LogP contribution in [0.5, 0.6) is 0 Å². The van der Waals surface area contributed by atoms with Crippen LogP contribution in [0.25, 0.3) is 0 Å². The van der Waals surface area contributed by atoms with Crippen molar-refractivity contribution in [3.63, 3.8) is 0 Å². The zero-order valence-electron chi connectivity index (χ0n) is 13.8. The summed E-state index contributed by atoms with van der Waals surface area (Å²) >= 11 is 1.39. The number of anilines is 1. The number of aryl methyl sites for hydroxylation is 3. The first-order valence-corrected chi connectivity index (χ1v) is 8.36. The third-order valence-electron chi connectivity index (χ3n) is 3.51. The molecule has 124 valence electrons. The van der Waals surface area contributed by atoms with E-state index in [4.69, 9.17) is 9.15 Å². The maximum atomic E-state index is 12.1. The molecule has 0 bridgehead atoms. The van der Waals surface area contributed by atoms with Gasteiger partial charge in [-0.3, -0.25) is 4.79 Å². The largest absolute Gasteiger partial charge is 0.466 e. The van der Waals surface area contributed by atoms with Crippen LogP contribution in [0.3, 0.4) is 0 Å². The van der Waals surface area contributed by atoms with Gasteiger partial charge in [0.25, 0.3) is 0 Å². The Morgan fingerprint density at radius 2 is 2.00 bits per heavy atom. The van der Waals surface area contributed by atoms with Gasteiger partial charge in [0, 0.05) is 17.7 Å². The van der Waals surface area contributed by atoms with Crippen molar-refractivity contribution in [3.05, 3.63) is 39.7 Å². The molecule has 0 saturated carbocycles. The molecule has 1 amide bonds. The Morgan fingerprint density at radius 3 is 2.61 bits per heavy atom. The summed E-state index contributed by atoms with van der Waals surface area (Å²) in [7, 11) is 0. The Bertz CT molecular complexity index is 714. The predicted octanol–water partition coefficient (Wildman–Crippen LogP) is 4.01. The maximum Gasteiger partial charge on any atom is 0.341 e. The highest BCUT2D eigenvalue weighted by molar-refractivity contribution is 7.16. The Kier molecular flexibility index (Phi) is 5.60. The molecule has 0 saturated heterocycles. The van der Waals surface area contributed by atoms with Crippen molar-refractivity contribution in [2.45, 2.75) is 40.5 Å². The first kappa shape index (κ1) is 17.3. The number of hydrogen-bond donors (Lipinski definition) is 1. The van der Waals surface area contributed by atoms with Crippen molar-refractivity contribution < 1.29 is 18.7 Å². The smallest absolute Gasteiger partial charge is 0.341 e. The van der Waals surface area contributed by atoms with Crippen LogP contribution in [0, 0.1) is 20.8 Å². The van der Waals surface area contributed by atoms with E-state index in [-0.39, 0.29) is 5.91 Å². The summed E-state index contributed by atoms with van der Waals surface area (Å²) in [6.45, 7) is 7.71. The summed E-state index contributed by atoms with van der Waals surface area (Å²) in [5.41, 5.74) is 1.31. The standard InChI is InChI=1S/C17H21NO4S/c1-5-21-17(20)15-11(3)12(4)23-16(15)18-14(19)9-8-13-7-6-10(2)22-13/h6-7H,5,8-9H2,1-4H3,(H,18,19). The molecule has 6 heteroatoms. The van der Waals surface area contributed by atoms with E-state index in [0.29, 0.717) is 30.0 Å². The fourth-order valence-corrected chi connectivity index (χ4v) is 3.27. The predicted molar refractivity (Wildman–Crippen MR) is 90.1 cm³/mol. The van der Waals surface area contributed by atoms with Crippen molar-refractivity contribution in [1.29, 1.82) is 0 Å². The number of furan rings is 1. The molecule has 0 aromatic carbocycles. The lowest BCUT2D eigenvalue weighted by atomic mass is 10.1. The number of thiophene rings is 1. The van der Waals surface area contributed by atoms with Crippen LogP contribution in [0.15, 0.2) is 16.5 Å². The minimum absolute atomic E-state index is 0.147. The second kappa shape index (κ2) is 7.46. The average molecular weight is 335 g/mol. The molecular formula is C17H21NO4S. The van der Waals surface area contributed by atoms with Gasteiger partial charge in [-0.25, -0.2) is 4.79 Å². The van der Waals surface area contributed by atoms with Crippen LogP contribution in [0.4, 0.5) is 5.00 Å². The zero-order valence-corrected chi connectivity index (χ0v) is 14.6. The minimum Gasteiger partial charge on any atom is -0.466 e. The second-order valence-electron chi connectivity index (χ2n) is 5.27. The summed E-state index contributed by atoms with van der Waals surface area (Å²) in [5, 5.41) is 3.38. The van der Waals surface area contributed by atoms with Gasteiger partial charge in [-0.05, 0) is 45.4 Å². The van der Waals surface area contributed by atoms with Crippen molar-refractivity contribution in [2.24, 2.45) is 0 Å². The van der Waals surface area contributed by atoms with E-state index in [2.05, 4.69) is 5.32 Å². The van der Waals surface area contributed by atoms with Crippen LogP contribution in [-0.2, 0) is 16.0 Å². The molecule has 0 atom stereocenters. The molecule has 0 aliphatic carbocycles. The molecule has 0 fully saturated rings. The number of hydrogen-bond acceptors (Lipinski definition) is 5. The van der Waals surface area contributed by atoms with Gasteiger partial charge >= 0.3 is 5.97 Å². The molecule has 2 aromatic rings. The summed E-state index contributed by atoms with van der Waals surface area (Å²) in [5.74, 6) is 1.06. The second-order valence-corrected chi connectivity index (χ2v) is 6.49. The number of esters is 1. The van der Waals surface area contributed by atoms with Gasteiger partial charge in [0.1, 0.15) is 16.5 Å². The lowest BCUT2D eigenvalue weighted by molar-refractivity contribution is -0.116. The first-order chi connectivity index (χ1) is 10.9. The molecular weight excluding hydrogens is 314 g/mol. The number of rotatable bonds is 6. The van der Waals surface area contributed by atoms with Gasteiger partial charge in [0.05, 0.1) is 12.2 Å². The lowest BCUT2D eigenvalue weighted by Gasteiger charge is -2.06. The highest BCUT2D eigenvalue weighted by Gasteiger charge is 2.22. The van der Waals surface area contributed by atoms with Gasteiger partial charge in [-0.2, -0.15) is 0 Å². The third kappa shape index (κ3) is 4.22. The topological polar surface area (TPSA) is 68.5 Å². The van der Waals surface area contributed by atoms with E-state index in [1.807, 2.05) is 32.9 Å². The lowest BCUT2D eigenvalue weighted by Crippen LogP contribution is -2.15. The molecule has 0 aliphatic heterocycles. The molecule has 0 unspecified atom stereocenters. The molecule has 2 aromatic heterocycles. The van der Waals surface area contributed by atoms with Crippen LogP contribution in [0.2, 0.25) is 0 Å². The van der Waals surface area contributed by atoms with Crippen molar-refractivity contribution in [1.82, 2.24) is 0 Å². The van der Waals surface area contributed by atoms with E-state index in [1.54, 1.807) is 6.92 Å². The van der Waals surface area contributed by atoms with E-state index >= 15 is 0 Å². The Morgan fingerprint density at radius 1 is 1.26 bits per heavy atom. The fourth-order valence-electron chi connectivity index (χ4n) is 2.21. The number of nitrogens with one attached hydrogen (secondary N) is 1. The van der Waals surface area contributed by atoms with E-state index in [9.17, 15) is 9.59 Å². The van der Waals surface area contributed by atoms with Crippen molar-refractivity contribution in [2.75, 3.05) is 11.9 Å². The molecule has 0 radical (unpaired) electrons. The minimum atomic E-state index is -0.397.